The third kappa shape index (κ3) is 9.42. The molecular weight excluding hydrogens is 577 g/mol. The van der Waals surface area contributed by atoms with Gasteiger partial charge < -0.3 is 28.7 Å². The Hall–Kier alpha value is -1.34. The van der Waals surface area contributed by atoms with Crippen LogP contribution in [0.1, 0.15) is 53.1 Å². The molecule has 13 heteroatoms. The van der Waals surface area contributed by atoms with Gasteiger partial charge >= 0.3 is 12.1 Å². The number of carbonyl (C=O) groups is 2. The minimum Gasteiger partial charge on any atom is -0.541 e. The summed E-state index contributed by atoms with van der Waals surface area (Å²) in [5.74, 6) is -0.292. The van der Waals surface area contributed by atoms with Crippen molar-refractivity contribution < 1.29 is 33.0 Å². The molecule has 37 heavy (non-hydrogen) atoms. The SMILES string of the molecule is COc1c(O[Si](C)(C)C(C)(C)C)cc([C@@H](NC(=O)OCC(Cl)(Cl)Cl)C(=O)O)cc1O[Si](C)(C)C(C)(C)C. The minimum absolute atomic E-state index is 0.153. The van der Waals surface area contributed by atoms with E-state index in [1.54, 1.807) is 12.1 Å². The first-order valence-corrected chi connectivity index (χ1v) is 18.7. The van der Waals surface area contributed by atoms with E-state index in [1.165, 1.54) is 7.11 Å². The molecule has 0 spiro atoms. The normalized spacial score (nSPS) is 14.0. The summed E-state index contributed by atoms with van der Waals surface area (Å²) >= 11 is 16.9. The van der Waals surface area contributed by atoms with Crippen molar-refractivity contribution in [1.29, 1.82) is 0 Å². The molecule has 0 aliphatic rings. The van der Waals surface area contributed by atoms with Gasteiger partial charge in [0.25, 0.3) is 16.6 Å². The number of hydrogen-bond donors (Lipinski definition) is 2. The zero-order chi connectivity index (χ0) is 29.2. The van der Waals surface area contributed by atoms with Crippen molar-refractivity contribution in [2.75, 3.05) is 13.7 Å². The summed E-state index contributed by atoms with van der Waals surface area (Å²) in [4.78, 5) is 24.6. The molecule has 1 rings (SSSR count). The van der Waals surface area contributed by atoms with Gasteiger partial charge in [-0.1, -0.05) is 76.3 Å². The van der Waals surface area contributed by atoms with Crippen LogP contribution in [-0.4, -0.2) is 51.3 Å². The van der Waals surface area contributed by atoms with Gasteiger partial charge in [0.2, 0.25) is 9.54 Å². The standard InChI is InChI=1S/C24H40Cl3NO7Si2/c1-22(2,3)36(8,9)34-16-12-15(18(20(29)30)28-21(31)33-14-24(25,26)27)13-17(19(16)32-7)35-37(10,11)23(4,5)6/h12-13,18H,14H2,1-11H3,(H,28,31)(H,29,30)/t18-/m1/s1. The van der Waals surface area contributed by atoms with Crippen molar-refractivity contribution in [2.45, 2.75) is 87.6 Å². The maximum atomic E-state index is 12.3. The number of amides is 1. The average Bonchev–Trinajstić information content (AvgIpc) is 2.67. The largest absolute Gasteiger partial charge is 0.541 e. The number of ether oxygens (including phenoxy) is 2. The van der Waals surface area contributed by atoms with Crippen molar-refractivity contribution in [3.63, 3.8) is 0 Å². The number of aliphatic carboxylic acids is 1. The lowest BCUT2D eigenvalue weighted by Gasteiger charge is -2.39. The molecule has 1 aromatic carbocycles. The molecule has 212 valence electrons. The number of methoxy groups -OCH3 is 1. The van der Waals surface area contributed by atoms with Crippen molar-refractivity contribution in [2.24, 2.45) is 0 Å². The molecule has 1 amide bonds. The highest BCUT2D eigenvalue weighted by Gasteiger charge is 2.42. The average molecular weight is 617 g/mol. The van der Waals surface area contributed by atoms with Crippen LogP contribution in [0.4, 0.5) is 4.79 Å². The fourth-order valence-corrected chi connectivity index (χ4v) is 4.75. The van der Waals surface area contributed by atoms with E-state index in [-0.39, 0.29) is 15.6 Å². The molecule has 1 atom stereocenters. The number of nitrogens with one attached hydrogen (secondary N) is 1. The number of carboxylic acid groups (broad SMARTS) is 1. The van der Waals surface area contributed by atoms with Crippen LogP contribution >= 0.6 is 34.8 Å². The van der Waals surface area contributed by atoms with Gasteiger partial charge in [0, 0.05) is 0 Å². The molecule has 0 saturated heterocycles. The highest BCUT2D eigenvalue weighted by atomic mass is 35.6. The topological polar surface area (TPSA) is 103 Å². The second-order valence-electron chi connectivity index (χ2n) is 11.9. The number of rotatable bonds is 9. The lowest BCUT2D eigenvalue weighted by molar-refractivity contribution is -0.139. The third-order valence-electron chi connectivity index (χ3n) is 6.80. The van der Waals surface area contributed by atoms with Gasteiger partial charge in [0.15, 0.2) is 17.5 Å². The van der Waals surface area contributed by atoms with E-state index in [2.05, 4.69) is 73.0 Å². The minimum atomic E-state index is -2.39. The predicted molar refractivity (Wildman–Crippen MR) is 154 cm³/mol. The molecule has 0 fully saturated rings. The van der Waals surface area contributed by atoms with E-state index in [1.807, 2.05) is 0 Å². The number of alkyl carbamates (subject to hydrolysis) is 1. The molecule has 0 saturated carbocycles. The first-order valence-electron chi connectivity index (χ1n) is 11.7. The maximum absolute atomic E-state index is 12.3. The molecule has 2 N–H and O–H groups in total. The van der Waals surface area contributed by atoms with E-state index in [4.69, 9.17) is 53.1 Å². The lowest BCUT2D eigenvalue weighted by atomic mass is 10.1. The van der Waals surface area contributed by atoms with Gasteiger partial charge in [-0.3, -0.25) is 0 Å². The van der Waals surface area contributed by atoms with Crippen LogP contribution in [0.25, 0.3) is 0 Å². The number of halogens is 3. The Morgan fingerprint density at radius 3 is 1.62 bits per heavy atom. The molecule has 0 aliphatic carbocycles. The zero-order valence-corrected chi connectivity index (χ0v) is 27.7. The van der Waals surface area contributed by atoms with Gasteiger partial charge in [0.1, 0.15) is 6.61 Å². The molecule has 0 radical (unpaired) electrons. The number of benzene rings is 1. The van der Waals surface area contributed by atoms with E-state index in [0.29, 0.717) is 17.2 Å². The Kier molecular flexibility index (Phi) is 10.8. The molecule has 0 unspecified atom stereocenters. The Balaban J connectivity index is 3.71. The summed E-state index contributed by atoms with van der Waals surface area (Å²) in [5.41, 5.74) is 0.210. The molecule has 0 aliphatic heterocycles. The quantitative estimate of drug-likeness (QED) is 0.217. The van der Waals surface area contributed by atoms with Crippen LogP contribution in [0.3, 0.4) is 0 Å². The van der Waals surface area contributed by atoms with Gasteiger partial charge in [0.05, 0.1) is 7.11 Å². The number of hydrogen-bond acceptors (Lipinski definition) is 6. The van der Waals surface area contributed by atoms with Crippen molar-refractivity contribution in [3.05, 3.63) is 17.7 Å². The van der Waals surface area contributed by atoms with Crippen molar-refractivity contribution in [3.8, 4) is 17.2 Å². The van der Waals surface area contributed by atoms with Crippen molar-refractivity contribution in [1.82, 2.24) is 5.32 Å². The fourth-order valence-electron chi connectivity index (χ4n) is 2.57. The van der Waals surface area contributed by atoms with Crippen LogP contribution in [0.15, 0.2) is 12.1 Å². The third-order valence-corrected chi connectivity index (χ3v) is 15.8. The molecule has 1 aromatic rings. The zero-order valence-electron chi connectivity index (χ0n) is 23.5. The maximum Gasteiger partial charge on any atom is 0.408 e. The number of carbonyl (C=O) groups excluding carboxylic acids is 1. The fraction of sp³-hybridized carbons (Fsp3) is 0.667. The van der Waals surface area contributed by atoms with Gasteiger partial charge in [-0.25, -0.2) is 9.59 Å². The highest BCUT2D eigenvalue weighted by molar-refractivity contribution is 6.75. The van der Waals surface area contributed by atoms with E-state index >= 15 is 0 Å². The van der Waals surface area contributed by atoms with Gasteiger partial charge in [-0.05, 0) is 54.0 Å². The van der Waals surface area contributed by atoms with E-state index in [9.17, 15) is 14.7 Å². The first-order chi connectivity index (χ1) is 16.4. The molecule has 0 aromatic heterocycles. The molecule has 0 bridgehead atoms. The Labute approximate surface area is 237 Å². The van der Waals surface area contributed by atoms with E-state index < -0.39 is 45.1 Å². The van der Waals surface area contributed by atoms with Crippen LogP contribution in [-0.2, 0) is 9.53 Å². The number of carboxylic acids is 1. The Morgan fingerprint density at radius 2 is 1.32 bits per heavy atom. The second-order valence-corrected chi connectivity index (χ2v) is 23.8. The molecule has 0 heterocycles. The second kappa shape index (κ2) is 11.8. The summed E-state index contributed by atoms with van der Waals surface area (Å²) < 4.78 is 21.9. The highest BCUT2D eigenvalue weighted by Crippen LogP contribution is 2.47. The summed E-state index contributed by atoms with van der Waals surface area (Å²) in [6, 6.07) is 1.59. The van der Waals surface area contributed by atoms with Gasteiger partial charge in [-0.2, -0.15) is 0 Å². The van der Waals surface area contributed by atoms with Crippen molar-refractivity contribution >= 4 is 63.5 Å². The molecular formula is C24H40Cl3NO7Si2. The molecule has 8 nitrogen and oxygen atoms in total. The van der Waals surface area contributed by atoms with Crippen LogP contribution < -0.4 is 18.9 Å². The monoisotopic (exact) mass is 615 g/mol. The van der Waals surface area contributed by atoms with Gasteiger partial charge in [-0.15, -0.1) is 0 Å². The predicted octanol–water partition coefficient (Wildman–Crippen LogP) is 7.69. The van der Waals surface area contributed by atoms with E-state index in [0.717, 1.165) is 0 Å². The summed E-state index contributed by atoms with van der Waals surface area (Å²) in [6.45, 7) is 20.2. The van der Waals surface area contributed by atoms with Crippen LogP contribution in [0, 0.1) is 0 Å². The summed E-state index contributed by atoms with van der Waals surface area (Å²) in [6.07, 6.45) is -1.06. The number of alkyl halides is 3. The van der Waals surface area contributed by atoms with Crippen LogP contribution in [0.2, 0.25) is 36.3 Å². The summed E-state index contributed by atoms with van der Waals surface area (Å²) in [7, 11) is -3.27. The Morgan fingerprint density at radius 1 is 0.919 bits per heavy atom. The Bertz CT molecular complexity index is 935. The first kappa shape index (κ1) is 33.7. The summed E-state index contributed by atoms with van der Waals surface area (Å²) in [5, 5.41) is 12.0. The van der Waals surface area contributed by atoms with Crippen LogP contribution in [0.5, 0.6) is 17.2 Å². The smallest absolute Gasteiger partial charge is 0.408 e. The lowest BCUT2D eigenvalue weighted by Crippen LogP contribution is -2.45.